The highest BCUT2D eigenvalue weighted by Gasteiger charge is 2.37. The van der Waals surface area contributed by atoms with Crippen molar-refractivity contribution in [1.29, 1.82) is 5.26 Å². The van der Waals surface area contributed by atoms with Gasteiger partial charge in [0.05, 0.1) is 32.5 Å². The molecular formula is C29H25NO3. The van der Waals surface area contributed by atoms with E-state index < -0.39 is 5.60 Å². The van der Waals surface area contributed by atoms with Gasteiger partial charge < -0.3 is 14.2 Å². The van der Waals surface area contributed by atoms with E-state index >= 15 is 0 Å². The second kappa shape index (κ2) is 10.0. The van der Waals surface area contributed by atoms with Gasteiger partial charge in [0, 0.05) is 0 Å². The van der Waals surface area contributed by atoms with Gasteiger partial charge in [0.25, 0.3) is 0 Å². The fraction of sp³-hybridized carbons (Fsp3) is 0.138. The fourth-order valence-corrected chi connectivity index (χ4v) is 4.00. The van der Waals surface area contributed by atoms with Crippen LogP contribution in [0.2, 0.25) is 0 Å². The van der Waals surface area contributed by atoms with Gasteiger partial charge in [-0.2, -0.15) is 5.26 Å². The van der Waals surface area contributed by atoms with E-state index in [4.69, 9.17) is 14.2 Å². The van der Waals surface area contributed by atoms with Crippen molar-refractivity contribution in [3.8, 4) is 17.6 Å². The Labute approximate surface area is 194 Å². The first-order valence-electron chi connectivity index (χ1n) is 10.7. The minimum Gasteiger partial charge on any atom is -0.497 e. The molecule has 0 aliphatic carbocycles. The van der Waals surface area contributed by atoms with Gasteiger partial charge in [0.1, 0.15) is 17.1 Å². The molecule has 0 saturated carbocycles. The Morgan fingerprint density at radius 2 is 1.21 bits per heavy atom. The molecule has 0 fully saturated rings. The average Bonchev–Trinajstić information content (AvgIpc) is 2.90. The lowest BCUT2D eigenvalue weighted by Gasteiger charge is -2.36. The van der Waals surface area contributed by atoms with Crippen LogP contribution in [0, 0.1) is 11.3 Å². The molecule has 0 heterocycles. The van der Waals surface area contributed by atoms with Crippen molar-refractivity contribution in [1.82, 2.24) is 0 Å². The third kappa shape index (κ3) is 4.59. The van der Waals surface area contributed by atoms with E-state index in [1.54, 1.807) is 20.3 Å². The highest BCUT2D eigenvalue weighted by atomic mass is 16.5. The molecule has 0 saturated heterocycles. The van der Waals surface area contributed by atoms with Crippen LogP contribution in [0.1, 0.15) is 27.8 Å². The largest absolute Gasteiger partial charge is 0.497 e. The van der Waals surface area contributed by atoms with Crippen LogP contribution in [-0.2, 0) is 16.9 Å². The van der Waals surface area contributed by atoms with Crippen LogP contribution in [0.5, 0.6) is 11.5 Å². The lowest BCUT2D eigenvalue weighted by atomic mass is 9.80. The molecule has 0 aliphatic rings. The predicted molar refractivity (Wildman–Crippen MR) is 128 cm³/mol. The molecule has 0 spiro atoms. The zero-order valence-corrected chi connectivity index (χ0v) is 18.7. The number of rotatable bonds is 8. The highest BCUT2D eigenvalue weighted by Crippen LogP contribution is 2.42. The number of nitrogens with zero attached hydrogens (tertiary/aromatic N) is 1. The zero-order chi connectivity index (χ0) is 23.1. The quantitative estimate of drug-likeness (QED) is 0.315. The van der Waals surface area contributed by atoms with Crippen LogP contribution in [-0.4, -0.2) is 14.2 Å². The minimum absolute atomic E-state index is 0.322. The molecule has 0 amide bonds. The Hall–Kier alpha value is -4.07. The molecular weight excluding hydrogens is 410 g/mol. The second-order valence-corrected chi connectivity index (χ2v) is 7.61. The van der Waals surface area contributed by atoms with Crippen molar-refractivity contribution in [3.63, 3.8) is 0 Å². The number of nitriles is 1. The topological polar surface area (TPSA) is 51.5 Å². The van der Waals surface area contributed by atoms with E-state index in [0.29, 0.717) is 12.2 Å². The summed E-state index contributed by atoms with van der Waals surface area (Å²) in [5.74, 6) is 1.55. The summed E-state index contributed by atoms with van der Waals surface area (Å²) < 4.78 is 17.6. The monoisotopic (exact) mass is 435 g/mol. The van der Waals surface area contributed by atoms with Gasteiger partial charge in [-0.25, -0.2) is 0 Å². The lowest BCUT2D eigenvalue weighted by molar-refractivity contribution is 0.000186. The summed E-state index contributed by atoms with van der Waals surface area (Å²) in [6.45, 7) is 0.322. The molecule has 0 bridgehead atoms. The number of methoxy groups -OCH3 is 2. The Balaban J connectivity index is 1.89. The molecule has 0 aromatic heterocycles. The first-order valence-corrected chi connectivity index (χ1v) is 10.7. The van der Waals surface area contributed by atoms with E-state index in [2.05, 4.69) is 18.2 Å². The van der Waals surface area contributed by atoms with E-state index in [1.165, 1.54) is 0 Å². The molecule has 0 aliphatic heterocycles. The van der Waals surface area contributed by atoms with Gasteiger partial charge in [-0.05, 0) is 58.7 Å². The van der Waals surface area contributed by atoms with Crippen molar-refractivity contribution in [3.05, 3.63) is 131 Å². The Morgan fingerprint density at radius 1 is 0.667 bits per heavy atom. The summed E-state index contributed by atoms with van der Waals surface area (Å²) in [6.07, 6.45) is 0. The Bertz CT molecular complexity index is 1180. The summed E-state index contributed by atoms with van der Waals surface area (Å²) in [6, 6.07) is 35.7. The summed E-state index contributed by atoms with van der Waals surface area (Å²) in [5.41, 5.74) is 3.58. The molecule has 33 heavy (non-hydrogen) atoms. The van der Waals surface area contributed by atoms with Gasteiger partial charge in [-0.15, -0.1) is 0 Å². The van der Waals surface area contributed by atoms with E-state index in [9.17, 15) is 5.26 Å². The number of hydrogen-bond donors (Lipinski definition) is 0. The maximum atomic E-state index is 9.31. The SMILES string of the molecule is COc1ccc(C(OCc2cccc(C#N)c2)(c2ccccc2)c2ccc(OC)cc2)cc1. The molecule has 0 N–H and O–H groups in total. The molecule has 4 rings (SSSR count). The number of benzene rings is 4. The van der Waals surface area contributed by atoms with Crippen LogP contribution >= 0.6 is 0 Å². The standard InChI is InChI=1S/C29H25NO3/c1-31-27-15-11-25(12-16-27)29(24-9-4-3-5-10-24,26-13-17-28(32-2)18-14-26)33-21-23-8-6-7-22(19-23)20-30/h3-19H,21H2,1-2H3. The average molecular weight is 436 g/mol. The van der Waals surface area contributed by atoms with Crippen molar-refractivity contribution >= 4 is 0 Å². The van der Waals surface area contributed by atoms with E-state index in [-0.39, 0.29) is 0 Å². The van der Waals surface area contributed by atoms with Crippen LogP contribution in [0.3, 0.4) is 0 Å². The van der Waals surface area contributed by atoms with Crippen LogP contribution in [0.15, 0.2) is 103 Å². The Kier molecular flexibility index (Phi) is 6.73. The van der Waals surface area contributed by atoms with Crippen molar-refractivity contribution in [2.24, 2.45) is 0 Å². The molecule has 0 atom stereocenters. The third-order valence-corrected chi connectivity index (χ3v) is 5.68. The van der Waals surface area contributed by atoms with Gasteiger partial charge in [-0.1, -0.05) is 66.7 Å². The lowest BCUT2D eigenvalue weighted by Crippen LogP contribution is -2.32. The van der Waals surface area contributed by atoms with Gasteiger partial charge in [0.2, 0.25) is 0 Å². The van der Waals surface area contributed by atoms with Crippen molar-refractivity contribution in [2.75, 3.05) is 14.2 Å². The molecule has 4 aromatic carbocycles. The first kappa shape index (κ1) is 22.1. The molecule has 4 heteroatoms. The number of ether oxygens (including phenoxy) is 3. The van der Waals surface area contributed by atoms with Crippen LogP contribution < -0.4 is 9.47 Å². The number of hydrogen-bond acceptors (Lipinski definition) is 4. The molecule has 164 valence electrons. The third-order valence-electron chi connectivity index (χ3n) is 5.68. The predicted octanol–water partition coefficient (Wildman–Crippen LogP) is 6.08. The maximum Gasteiger partial charge on any atom is 0.144 e. The highest BCUT2D eigenvalue weighted by molar-refractivity contribution is 5.50. The molecule has 4 nitrogen and oxygen atoms in total. The van der Waals surface area contributed by atoms with Gasteiger partial charge in [-0.3, -0.25) is 0 Å². The Morgan fingerprint density at radius 3 is 1.73 bits per heavy atom. The molecule has 4 aromatic rings. The second-order valence-electron chi connectivity index (χ2n) is 7.61. The summed E-state index contributed by atoms with van der Waals surface area (Å²) in [4.78, 5) is 0. The van der Waals surface area contributed by atoms with Crippen molar-refractivity contribution in [2.45, 2.75) is 12.2 Å². The summed E-state index contributed by atoms with van der Waals surface area (Å²) in [7, 11) is 3.31. The normalized spacial score (nSPS) is 10.9. The van der Waals surface area contributed by atoms with Crippen molar-refractivity contribution < 1.29 is 14.2 Å². The van der Waals surface area contributed by atoms with Crippen LogP contribution in [0.4, 0.5) is 0 Å². The van der Waals surface area contributed by atoms with Crippen LogP contribution in [0.25, 0.3) is 0 Å². The van der Waals surface area contributed by atoms with Gasteiger partial charge >= 0.3 is 0 Å². The molecule has 0 unspecified atom stereocenters. The minimum atomic E-state index is -0.886. The van der Waals surface area contributed by atoms with Gasteiger partial charge in [0.15, 0.2) is 0 Å². The summed E-state index contributed by atoms with van der Waals surface area (Å²) in [5, 5.41) is 9.31. The first-order chi connectivity index (χ1) is 16.2. The maximum absolute atomic E-state index is 9.31. The van der Waals surface area contributed by atoms with E-state index in [0.717, 1.165) is 33.8 Å². The summed E-state index contributed by atoms with van der Waals surface area (Å²) >= 11 is 0. The molecule has 0 radical (unpaired) electrons. The fourth-order valence-electron chi connectivity index (χ4n) is 4.00. The smallest absolute Gasteiger partial charge is 0.144 e. The van der Waals surface area contributed by atoms with E-state index in [1.807, 2.05) is 84.9 Å². The zero-order valence-electron chi connectivity index (χ0n) is 18.7.